The van der Waals surface area contributed by atoms with Crippen molar-refractivity contribution in [2.45, 2.75) is 46.2 Å². The highest BCUT2D eigenvalue weighted by Gasteiger charge is 2.14. The summed E-state index contributed by atoms with van der Waals surface area (Å²) in [5.41, 5.74) is 0.122. The van der Waals surface area contributed by atoms with Gasteiger partial charge in [-0.25, -0.2) is 4.79 Å². The van der Waals surface area contributed by atoms with Crippen LogP contribution in [0, 0.1) is 5.92 Å². The minimum Gasteiger partial charge on any atom is -0.310 e. The highest BCUT2D eigenvalue weighted by atomic mass is 16.2. The second kappa shape index (κ2) is 6.70. The third kappa shape index (κ3) is 3.56. The van der Waals surface area contributed by atoms with Gasteiger partial charge in [-0.1, -0.05) is 26.7 Å². The molecule has 5 heteroatoms. The summed E-state index contributed by atoms with van der Waals surface area (Å²) in [5, 5.41) is 3.39. The lowest BCUT2D eigenvalue weighted by atomic mass is 9.95. The smallest absolute Gasteiger partial charge is 0.310 e. The monoisotopic (exact) mass is 267 g/mol. The van der Waals surface area contributed by atoms with Gasteiger partial charge in [-0.05, 0) is 12.8 Å². The van der Waals surface area contributed by atoms with Gasteiger partial charge in [0.05, 0.1) is 0 Å². The van der Waals surface area contributed by atoms with Gasteiger partial charge in [0.2, 0.25) is 0 Å². The van der Waals surface area contributed by atoms with Gasteiger partial charge >= 0.3 is 5.69 Å². The van der Waals surface area contributed by atoms with E-state index in [1.165, 1.54) is 11.6 Å². The molecule has 0 bridgehead atoms. The van der Waals surface area contributed by atoms with Crippen LogP contribution in [0.25, 0.3) is 0 Å². The van der Waals surface area contributed by atoms with E-state index in [4.69, 9.17) is 0 Å². The number of aryl methyl sites for hydroxylation is 1. The van der Waals surface area contributed by atoms with Crippen LogP contribution >= 0.6 is 0 Å². The first-order valence-corrected chi connectivity index (χ1v) is 6.91. The fourth-order valence-electron chi connectivity index (χ4n) is 2.44. The van der Waals surface area contributed by atoms with E-state index in [1.54, 1.807) is 13.2 Å². The van der Waals surface area contributed by atoms with Crippen molar-refractivity contribution in [3.63, 3.8) is 0 Å². The summed E-state index contributed by atoms with van der Waals surface area (Å²) in [6, 6.07) is 0.358. The summed E-state index contributed by atoms with van der Waals surface area (Å²) >= 11 is 0. The van der Waals surface area contributed by atoms with Crippen molar-refractivity contribution in [2.75, 3.05) is 0 Å². The number of rotatable bonds is 6. The predicted molar refractivity (Wildman–Crippen MR) is 77.3 cm³/mol. The Balaban J connectivity index is 2.85. The van der Waals surface area contributed by atoms with Crippen LogP contribution in [-0.2, 0) is 20.6 Å². The third-order valence-corrected chi connectivity index (χ3v) is 3.89. The predicted octanol–water partition coefficient (Wildman–Crippen LogP) is 0.998. The lowest BCUT2D eigenvalue weighted by molar-refractivity contribution is 0.352. The van der Waals surface area contributed by atoms with Crippen molar-refractivity contribution in [1.29, 1.82) is 0 Å². The van der Waals surface area contributed by atoms with Gasteiger partial charge in [-0.3, -0.25) is 9.36 Å². The lowest BCUT2D eigenvalue weighted by Gasteiger charge is -2.22. The van der Waals surface area contributed by atoms with E-state index >= 15 is 0 Å². The molecule has 19 heavy (non-hydrogen) atoms. The first-order valence-electron chi connectivity index (χ1n) is 6.91. The first kappa shape index (κ1) is 15.7. The van der Waals surface area contributed by atoms with Gasteiger partial charge in [0.15, 0.2) is 0 Å². The quantitative estimate of drug-likeness (QED) is 0.836. The zero-order valence-corrected chi connectivity index (χ0v) is 12.6. The third-order valence-electron chi connectivity index (χ3n) is 3.89. The fourth-order valence-corrected chi connectivity index (χ4v) is 2.44. The summed E-state index contributed by atoms with van der Waals surface area (Å²) in [7, 11) is 3.17. The van der Waals surface area contributed by atoms with Gasteiger partial charge in [-0.2, -0.15) is 0 Å². The Morgan fingerprint density at radius 1 is 1.21 bits per heavy atom. The van der Waals surface area contributed by atoms with Gasteiger partial charge in [-0.15, -0.1) is 0 Å². The maximum atomic E-state index is 12.0. The molecule has 0 saturated carbocycles. The molecule has 1 heterocycles. The largest absolute Gasteiger partial charge is 0.330 e. The number of nitrogens with zero attached hydrogens (tertiary/aromatic N) is 2. The Morgan fingerprint density at radius 2 is 1.79 bits per heavy atom. The van der Waals surface area contributed by atoms with Crippen molar-refractivity contribution in [2.24, 2.45) is 20.0 Å². The molecule has 1 N–H and O–H groups in total. The molecule has 0 aliphatic carbocycles. The van der Waals surface area contributed by atoms with Crippen LogP contribution in [0.3, 0.4) is 0 Å². The second-order valence-corrected chi connectivity index (χ2v) is 5.16. The molecule has 5 nitrogen and oxygen atoms in total. The zero-order chi connectivity index (χ0) is 14.6. The minimum atomic E-state index is -0.290. The van der Waals surface area contributed by atoms with Crippen LogP contribution in [0.5, 0.6) is 0 Å². The molecule has 108 valence electrons. The number of hydrogen-bond donors (Lipinski definition) is 1. The first-order chi connectivity index (χ1) is 8.92. The number of nitrogens with one attached hydrogen (secondary N) is 1. The van der Waals surface area contributed by atoms with E-state index in [1.807, 2.05) is 0 Å². The van der Waals surface area contributed by atoms with Crippen molar-refractivity contribution in [3.8, 4) is 0 Å². The Bertz CT molecular complexity index is 526. The van der Waals surface area contributed by atoms with Gasteiger partial charge in [0.25, 0.3) is 5.56 Å². The van der Waals surface area contributed by atoms with Crippen LogP contribution in [-0.4, -0.2) is 15.2 Å². The van der Waals surface area contributed by atoms with Crippen LogP contribution in [0.2, 0.25) is 0 Å². The molecule has 1 unspecified atom stereocenters. The van der Waals surface area contributed by atoms with E-state index in [-0.39, 0.29) is 11.2 Å². The molecule has 0 fully saturated rings. The summed E-state index contributed by atoms with van der Waals surface area (Å²) < 4.78 is 2.60. The van der Waals surface area contributed by atoms with Gasteiger partial charge in [0.1, 0.15) is 0 Å². The molecule has 0 radical (unpaired) electrons. The molecule has 0 spiro atoms. The molecule has 0 amide bonds. The molecule has 0 aliphatic heterocycles. The van der Waals surface area contributed by atoms with Crippen LogP contribution < -0.4 is 16.6 Å². The summed E-state index contributed by atoms with van der Waals surface area (Å²) in [5.74, 6) is 0.608. The van der Waals surface area contributed by atoms with E-state index < -0.39 is 0 Å². The minimum absolute atomic E-state index is 0.215. The SMILES string of the molecule is CCC(CC)C(C)NCc1cn(C)c(=O)n(C)c1=O. The number of hydrogen-bond acceptors (Lipinski definition) is 3. The number of aromatic nitrogens is 2. The lowest BCUT2D eigenvalue weighted by Crippen LogP contribution is -2.41. The van der Waals surface area contributed by atoms with E-state index in [0.717, 1.165) is 17.4 Å². The van der Waals surface area contributed by atoms with Crippen molar-refractivity contribution in [3.05, 3.63) is 32.6 Å². The maximum absolute atomic E-state index is 12.0. The molecule has 0 aliphatic rings. The van der Waals surface area contributed by atoms with Crippen LogP contribution in [0.4, 0.5) is 0 Å². The highest BCUT2D eigenvalue weighted by molar-refractivity contribution is 5.05. The molecular formula is C14H25N3O2. The molecule has 0 saturated heterocycles. The molecule has 0 aromatic carbocycles. The summed E-state index contributed by atoms with van der Waals surface area (Å²) in [4.78, 5) is 23.6. The van der Waals surface area contributed by atoms with E-state index in [9.17, 15) is 9.59 Å². The van der Waals surface area contributed by atoms with Crippen LogP contribution in [0.1, 0.15) is 39.2 Å². The standard InChI is InChI=1S/C14H25N3O2/c1-6-11(7-2)10(3)15-8-12-9-16(4)14(19)17(5)13(12)18/h9-11,15H,6-8H2,1-5H3. The summed E-state index contributed by atoms with van der Waals surface area (Å²) in [6.45, 7) is 7.00. The Labute approximate surface area is 114 Å². The van der Waals surface area contributed by atoms with Gasteiger partial charge < -0.3 is 9.88 Å². The molecular weight excluding hydrogens is 242 g/mol. The second-order valence-electron chi connectivity index (χ2n) is 5.16. The molecule has 1 rings (SSSR count). The molecule has 1 aromatic rings. The maximum Gasteiger partial charge on any atom is 0.330 e. The van der Waals surface area contributed by atoms with E-state index in [2.05, 4.69) is 26.1 Å². The van der Waals surface area contributed by atoms with Gasteiger partial charge in [0, 0.05) is 38.4 Å². The van der Waals surface area contributed by atoms with Crippen molar-refractivity contribution in [1.82, 2.24) is 14.5 Å². The fraction of sp³-hybridized carbons (Fsp3) is 0.714. The Hall–Kier alpha value is -1.36. The Morgan fingerprint density at radius 3 is 2.32 bits per heavy atom. The topological polar surface area (TPSA) is 56.0 Å². The van der Waals surface area contributed by atoms with E-state index in [0.29, 0.717) is 24.1 Å². The zero-order valence-electron chi connectivity index (χ0n) is 12.6. The molecule has 1 aromatic heterocycles. The van der Waals surface area contributed by atoms with Crippen molar-refractivity contribution < 1.29 is 0 Å². The summed E-state index contributed by atoms with van der Waals surface area (Å²) in [6.07, 6.45) is 3.86. The highest BCUT2D eigenvalue weighted by Crippen LogP contribution is 2.12. The molecule has 1 atom stereocenters. The average Bonchev–Trinajstić information content (AvgIpc) is 2.40. The average molecular weight is 267 g/mol. The normalized spacial score (nSPS) is 12.9. The van der Waals surface area contributed by atoms with Crippen molar-refractivity contribution >= 4 is 0 Å². The van der Waals surface area contributed by atoms with Crippen LogP contribution in [0.15, 0.2) is 15.8 Å². The Kier molecular flexibility index (Phi) is 5.54.